The molecular formula is C13H14N2O. The van der Waals surface area contributed by atoms with Crippen molar-refractivity contribution in [3.05, 3.63) is 41.9 Å². The molecule has 3 nitrogen and oxygen atoms in total. The van der Waals surface area contributed by atoms with Gasteiger partial charge in [0.05, 0.1) is 12.8 Å². The molecule has 3 heteroatoms. The third-order valence-electron chi connectivity index (χ3n) is 2.47. The maximum absolute atomic E-state index is 5.23. The summed E-state index contributed by atoms with van der Waals surface area (Å²) in [4.78, 5) is 8.47. The van der Waals surface area contributed by atoms with E-state index in [1.807, 2.05) is 32.0 Å². The molecule has 2 aromatic rings. The van der Waals surface area contributed by atoms with Gasteiger partial charge in [-0.2, -0.15) is 0 Å². The second kappa shape index (κ2) is 4.31. The molecule has 0 aliphatic rings. The van der Waals surface area contributed by atoms with E-state index in [-0.39, 0.29) is 0 Å². The highest BCUT2D eigenvalue weighted by molar-refractivity contribution is 5.61. The third kappa shape index (κ3) is 2.03. The first kappa shape index (κ1) is 10.6. The molecule has 2 rings (SSSR count). The number of ether oxygens (including phenoxy) is 1. The van der Waals surface area contributed by atoms with E-state index in [2.05, 4.69) is 16.0 Å². The van der Waals surface area contributed by atoms with Crippen LogP contribution in [0.2, 0.25) is 0 Å². The molecule has 0 atom stereocenters. The fourth-order valence-electron chi connectivity index (χ4n) is 1.65. The summed E-state index contributed by atoms with van der Waals surface area (Å²) in [7, 11) is 1.68. The number of nitrogens with zero attached hydrogens (tertiary/aromatic N) is 2. The highest BCUT2D eigenvalue weighted by Crippen LogP contribution is 2.24. The summed E-state index contributed by atoms with van der Waals surface area (Å²) in [5.74, 6) is 1.68. The molecule has 0 fully saturated rings. The first-order chi connectivity index (χ1) is 7.70. The molecule has 0 spiro atoms. The number of rotatable bonds is 2. The molecule has 0 saturated carbocycles. The lowest BCUT2D eigenvalue weighted by Crippen LogP contribution is -1.91. The van der Waals surface area contributed by atoms with Crippen LogP contribution < -0.4 is 4.74 Å². The van der Waals surface area contributed by atoms with Crippen LogP contribution in [0.1, 0.15) is 11.4 Å². The Balaban J connectivity index is 2.45. The van der Waals surface area contributed by atoms with Gasteiger partial charge in [0.1, 0.15) is 11.6 Å². The van der Waals surface area contributed by atoms with E-state index in [1.54, 1.807) is 13.3 Å². The lowest BCUT2D eigenvalue weighted by molar-refractivity contribution is 0.412. The normalized spacial score (nSPS) is 10.2. The molecule has 0 amide bonds. The van der Waals surface area contributed by atoms with Crippen LogP contribution in [-0.4, -0.2) is 17.1 Å². The highest BCUT2D eigenvalue weighted by Gasteiger charge is 2.03. The van der Waals surface area contributed by atoms with Crippen LogP contribution in [0.5, 0.6) is 5.75 Å². The summed E-state index contributed by atoms with van der Waals surface area (Å²) in [5, 5.41) is 0. The summed E-state index contributed by atoms with van der Waals surface area (Å²) in [6.45, 7) is 3.91. The van der Waals surface area contributed by atoms with Crippen molar-refractivity contribution in [2.75, 3.05) is 7.11 Å². The Morgan fingerprint density at radius 1 is 1.12 bits per heavy atom. The summed E-state index contributed by atoms with van der Waals surface area (Å²) in [6.07, 6.45) is 1.78. The monoisotopic (exact) mass is 214 g/mol. The van der Waals surface area contributed by atoms with E-state index in [0.717, 1.165) is 28.4 Å². The number of hydrogen-bond donors (Lipinski definition) is 0. The SMILES string of the molecule is COc1ccc(-c2ccnc(C)n2)cc1C. The van der Waals surface area contributed by atoms with E-state index in [9.17, 15) is 0 Å². The zero-order valence-corrected chi connectivity index (χ0v) is 9.69. The van der Waals surface area contributed by atoms with Gasteiger partial charge in [0.2, 0.25) is 0 Å². The predicted octanol–water partition coefficient (Wildman–Crippen LogP) is 2.77. The van der Waals surface area contributed by atoms with Gasteiger partial charge in [0.25, 0.3) is 0 Å². The Kier molecular flexibility index (Phi) is 2.86. The molecule has 0 aliphatic heterocycles. The van der Waals surface area contributed by atoms with Crippen LogP contribution in [0, 0.1) is 13.8 Å². The molecule has 1 aromatic carbocycles. The summed E-state index contributed by atoms with van der Waals surface area (Å²) in [5.41, 5.74) is 3.14. The van der Waals surface area contributed by atoms with E-state index < -0.39 is 0 Å². The lowest BCUT2D eigenvalue weighted by Gasteiger charge is -2.07. The predicted molar refractivity (Wildman–Crippen MR) is 63.5 cm³/mol. The molecule has 1 aromatic heterocycles. The van der Waals surface area contributed by atoms with Crippen LogP contribution >= 0.6 is 0 Å². The zero-order valence-electron chi connectivity index (χ0n) is 9.69. The lowest BCUT2D eigenvalue weighted by atomic mass is 10.1. The maximum Gasteiger partial charge on any atom is 0.125 e. The van der Waals surface area contributed by atoms with E-state index >= 15 is 0 Å². The second-order valence-electron chi connectivity index (χ2n) is 3.67. The fourth-order valence-corrected chi connectivity index (χ4v) is 1.65. The van der Waals surface area contributed by atoms with E-state index in [1.165, 1.54) is 0 Å². The van der Waals surface area contributed by atoms with Crippen LogP contribution in [0.25, 0.3) is 11.3 Å². The molecule has 1 heterocycles. The zero-order chi connectivity index (χ0) is 11.5. The van der Waals surface area contributed by atoms with Crippen molar-refractivity contribution < 1.29 is 4.74 Å². The smallest absolute Gasteiger partial charge is 0.125 e. The number of methoxy groups -OCH3 is 1. The number of benzene rings is 1. The molecular weight excluding hydrogens is 200 g/mol. The van der Waals surface area contributed by atoms with Crippen LogP contribution in [0.3, 0.4) is 0 Å². The molecule has 0 aliphatic carbocycles. The summed E-state index contributed by atoms with van der Waals surface area (Å²) in [6, 6.07) is 7.95. The Labute approximate surface area is 95.1 Å². The minimum absolute atomic E-state index is 0.783. The number of hydrogen-bond acceptors (Lipinski definition) is 3. The minimum atomic E-state index is 0.783. The van der Waals surface area contributed by atoms with E-state index in [4.69, 9.17) is 4.74 Å². The van der Waals surface area contributed by atoms with Gasteiger partial charge in [-0.1, -0.05) is 0 Å². The topological polar surface area (TPSA) is 35.0 Å². The molecule has 0 saturated heterocycles. The second-order valence-corrected chi connectivity index (χ2v) is 3.67. The van der Waals surface area contributed by atoms with Gasteiger partial charge < -0.3 is 4.74 Å². The summed E-state index contributed by atoms with van der Waals surface area (Å²) < 4.78 is 5.23. The minimum Gasteiger partial charge on any atom is -0.496 e. The molecule has 0 unspecified atom stereocenters. The average Bonchev–Trinajstić information content (AvgIpc) is 2.29. The van der Waals surface area contributed by atoms with Crippen molar-refractivity contribution in [1.82, 2.24) is 9.97 Å². The standard InChI is InChI=1S/C13H14N2O/c1-9-8-11(4-5-13(9)16-3)12-6-7-14-10(2)15-12/h4-8H,1-3H3. The van der Waals surface area contributed by atoms with Crippen LogP contribution in [0.4, 0.5) is 0 Å². The van der Waals surface area contributed by atoms with Gasteiger partial charge >= 0.3 is 0 Å². The van der Waals surface area contributed by atoms with Crippen molar-refractivity contribution in [1.29, 1.82) is 0 Å². The highest BCUT2D eigenvalue weighted by atomic mass is 16.5. The Hall–Kier alpha value is -1.90. The molecule has 0 radical (unpaired) electrons. The first-order valence-electron chi connectivity index (χ1n) is 5.15. The largest absolute Gasteiger partial charge is 0.496 e. The molecule has 82 valence electrons. The first-order valence-corrected chi connectivity index (χ1v) is 5.15. The van der Waals surface area contributed by atoms with Crippen LogP contribution in [-0.2, 0) is 0 Å². The van der Waals surface area contributed by atoms with Crippen molar-refractivity contribution in [2.45, 2.75) is 13.8 Å². The van der Waals surface area contributed by atoms with Crippen molar-refractivity contribution in [2.24, 2.45) is 0 Å². The van der Waals surface area contributed by atoms with Gasteiger partial charge in [0, 0.05) is 11.8 Å². The van der Waals surface area contributed by atoms with Gasteiger partial charge in [0.15, 0.2) is 0 Å². The van der Waals surface area contributed by atoms with Gasteiger partial charge in [-0.15, -0.1) is 0 Å². The van der Waals surface area contributed by atoms with Crippen molar-refractivity contribution in [3.8, 4) is 17.0 Å². The quantitative estimate of drug-likeness (QED) is 0.771. The Morgan fingerprint density at radius 2 is 1.94 bits per heavy atom. The Morgan fingerprint density at radius 3 is 2.56 bits per heavy atom. The molecule has 0 N–H and O–H groups in total. The van der Waals surface area contributed by atoms with Crippen molar-refractivity contribution in [3.63, 3.8) is 0 Å². The third-order valence-corrected chi connectivity index (χ3v) is 2.47. The van der Waals surface area contributed by atoms with Gasteiger partial charge in [-0.25, -0.2) is 9.97 Å². The summed E-state index contributed by atoms with van der Waals surface area (Å²) >= 11 is 0. The average molecular weight is 214 g/mol. The van der Waals surface area contributed by atoms with Gasteiger partial charge in [-0.05, 0) is 43.7 Å². The van der Waals surface area contributed by atoms with Gasteiger partial charge in [-0.3, -0.25) is 0 Å². The van der Waals surface area contributed by atoms with E-state index in [0.29, 0.717) is 0 Å². The molecule has 16 heavy (non-hydrogen) atoms. The Bertz CT molecular complexity index is 509. The number of aromatic nitrogens is 2. The number of aryl methyl sites for hydroxylation is 2. The van der Waals surface area contributed by atoms with Crippen LogP contribution in [0.15, 0.2) is 30.5 Å². The molecule has 0 bridgehead atoms. The van der Waals surface area contributed by atoms with Crippen molar-refractivity contribution >= 4 is 0 Å². The maximum atomic E-state index is 5.23. The fraction of sp³-hybridized carbons (Fsp3) is 0.231.